The van der Waals surface area contributed by atoms with Crippen molar-refractivity contribution in [3.05, 3.63) is 22.4 Å². The number of hydrogen-bond acceptors (Lipinski definition) is 3. The van der Waals surface area contributed by atoms with Crippen LogP contribution in [-0.2, 0) is 11.2 Å². The molecular weight excluding hydrogens is 210 g/mol. The quantitative estimate of drug-likeness (QED) is 0.799. The molecule has 1 amide bonds. The van der Waals surface area contributed by atoms with Crippen LogP contribution in [0.2, 0.25) is 0 Å². The Morgan fingerprint density at radius 3 is 2.87 bits per heavy atom. The van der Waals surface area contributed by atoms with Gasteiger partial charge in [0, 0.05) is 17.3 Å². The van der Waals surface area contributed by atoms with E-state index in [1.165, 1.54) is 4.88 Å². The highest BCUT2D eigenvalue weighted by Gasteiger charge is 2.13. The monoisotopic (exact) mass is 227 g/mol. The first kappa shape index (κ1) is 12.2. The van der Waals surface area contributed by atoms with Gasteiger partial charge in [-0.25, -0.2) is 0 Å². The van der Waals surface area contributed by atoms with E-state index in [9.17, 15) is 4.79 Å². The number of nitrogens with one attached hydrogen (secondary N) is 1. The van der Waals surface area contributed by atoms with Crippen LogP contribution in [0, 0.1) is 5.92 Å². The Labute approximate surface area is 94.1 Å². The molecule has 2 unspecified atom stereocenters. The number of carbonyl (C=O) groups excluding carboxylic acids is 1. The maximum atomic E-state index is 11.6. The van der Waals surface area contributed by atoms with Crippen LogP contribution in [0.4, 0.5) is 0 Å². The largest absolute Gasteiger partial charge is 0.392 e. The van der Waals surface area contributed by atoms with Crippen molar-refractivity contribution in [1.82, 2.24) is 5.32 Å². The summed E-state index contributed by atoms with van der Waals surface area (Å²) in [7, 11) is 0. The van der Waals surface area contributed by atoms with Gasteiger partial charge in [0.1, 0.15) is 0 Å². The molecule has 84 valence electrons. The Bertz CT molecular complexity index is 296. The van der Waals surface area contributed by atoms with Crippen molar-refractivity contribution in [3.63, 3.8) is 0 Å². The van der Waals surface area contributed by atoms with Crippen LogP contribution in [0.1, 0.15) is 18.7 Å². The summed E-state index contributed by atoms with van der Waals surface area (Å²) in [6, 6.07) is 4.02. The normalized spacial score (nSPS) is 14.6. The van der Waals surface area contributed by atoms with E-state index in [1.54, 1.807) is 18.3 Å². The lowest BCUT2D eigenvalue weighted by molar-refractivity contribution is -0.124. The van der Waals surface area contributed by atoms with Gasteiger partial charge >= 0.3 is 0 Å². The van der Waals surface area contributed by atoms with Crippen molar-refractivity contribution >= 4 is 17.2 Å². The number of carbonyl (C=O) groups is 1. The molecule has 1 aromatic rings. The number of hydrogen-bond donors (Lipinski definition) is 2. The molecule has 2 atom stereocenters. The average Bonchev–Trinajstić information content (AvgIpc) is 2.66. The lowest BCUT2D eigenvalue weighted by Gasteiger charge is -2.12. The van der Waals surface area contributed by atoms with Crippen molar-refractivity contribution in [1.29, 1.82) is 0 Å². The summed E-state index contributed by atoms with van der Waals surface area (Å²) < 4.78 is 0. The van der Waals surface area contributed by atoms with E-state index in [2.05, 4.69) is 5.32 Å². The van der Waals surface area contributed by atoms with E-state index in [1.807, 2.05) is 24.4 Å². The smallest absolute Gasteiger partial charge is 0.223 e. The van der Waals surface area contributed by atoms with E-state index in [4.69, 9.17) is 5.11 Å². The van der Waals surface area contributed by atoms with Crippen LogP contribution in [0.25, 0.3) is 0 Å². The molecule has 0 radical (unpaired) electrons. The molecule has 0 aliphatic carbocycles. The summed E-state index contributed by atoms with van der Waals surface area (Å²) >= 11 is 1.66. The molecule has 15 heavy (non-hydrogen) atoms. The molecular formula is C11H17NO2S. The van der Waals surface area contributed by atoms with Crippen LogP contribution in [0.5, 0.6) is 0 Å². The van der Waals surface area contributed by atoms with Crippen molar-refractivity contribution in [3.8, 4) is 0 Å². The molecule has 1 rings (SSSR count). The van der Waals surface area contributed by atoms with Crippen molar-refractivity contribution in [2.45, 2.75) is 26.4 Å². The molecule has 0 saturated heterocycles. The Hall–Kier alpha value is -0.870. The van der Waals surface area contributed by atoms with E-state index in [0.29, 0.717) is 6.54 Å². The van der Waals surface area contributed by atoms with Gasteiger partial charge in [-0.2, -0.15) is 0 Å². The highest BCUT2D eigenvalue weighted by molar-refractivity contribution is 7.09. The summed E-state index contributed by atoms with van der Waals surface area (Å²) in [4.78, 5) is 12.8. The standard InChI is InChI=1S/C11H17NO2S/c1-8(6-10-4-3-5-15-10)11(14)12-7-9(2)13/h3-5,8-9,13H,6-7H2,1-2H3,(H,12,14). The van der Waals surface area contributed by atoms with Gasteiger partial charge in [0.15, 0.2) is 0 Å². The molecule has 0 saturated carbocycles. The van der Waals surface area contributed by atoms with Crippen molar-refractivity contribution < 1.29 is 9.90 Å². The third-order valence-corrected chi connectivity index (χ3v) is 3.01. The fourth-order valence-corrected chi connectivity index (χ4v) is 2.08. The average molecular weight is 227 g/mol. The number of aliphatic hydroxyl groups is 1. The minimum atomic E-state index is -0.483. The number of rotatable bonds is 5. The van der Waals surface area contributed by atoms with E-state index >= 15 is 0 Å². The minimum absolute atomic E-state index is 0.00398. The van der Waals surface area contributed by atoms with Gasteiger partial charge < -0.3 is 10.4 Å². The highest BCUT2D eigenvalue weighted by atomic mass is 32.1. The van der Waals surface area contributed by atoms with Crippen LogP contribution < -0.4 is 5.32 Å². The molecule has 0 spiro atoms. The van der Waals surface area contributed by atoms with Gasteiger partial charge in [-0.3, -0.25) is 4.79 Å². The molecule has 0 aromatic carbocycles. The topological polar surface area (TPSA) is 49.3 Å². The second-order valence-electron chi connectivity index (χ2n) is 3.78. The first-order valence-electron chi connectivity index (χ1n) is 5.07. The van der Waals surface area contributed by atoms with Crippen LogP contribution in [0.3, 0.4) is 0 Å². The van der Waals surface area contributed by atoms with Gasteiger partial charge in [-0.15, -0.1) is 11.3 Å². The minimum Gasteiger partial charge on any atom is -0.392 e. The number of aliphatic hydroxyl groups excluding tert-OH is 1. The first-order chi connectivity index (χ1) is 7.09. The van der Waals surface area contributed by atoms with E-state index in [-0.39, 0.29) is 11.8 Å². The summed E-state index contributed by atoms with van der Waals surface area (Å²) in [5.41, 5.74) is 0. The van der Waals surface area contributed by atoms with Crippen molar-refractivity contribution in [2.24, 2.45) is 5.92 Å². The summed E-state index contributed by atoms with van der Waals surface area (Å²) in [6.07, 6.45) is 0.284. The van der Waals surface area contributed by atoms with Gasteiger partial charge in [-0.05, 0) is 24.8 Å². The molecule has 1 heterocycles. The van der Waals surface area contributed by atoms with Crippen molar-refractivity contribution in [2.75, 3.05) is 6.54 Å². The van der Waals surface area contributed by atoms with Gasteiger partial charge in [0.05, 0.1) is 6.10 Å². The van der Waals surface area contributed by atoms with Gasteiger partial charge in [0.25, 0.3) is 0 Å². The third kappa shape index (κ3) is 4.44. The summed E-state index contributed by atoms with van der Waals surface area (Å²) in [5.74, 6) is -0.0355. The number of amides is 1. The third-order valence-electron chi connectivity index (χ3n) is 2.11. The second kappa shape index (κ2) is 5.88. The zero-order chi connectivity index (χ0) is 11.3. The Morgan fingerprint density at radius 2 is 2.33 bits per heavy atom. The van der Waals surface area contributed by atoms with Crippen LogP contribution >= 0.6 is 11.3 Å². The van der Waals surface area contributed by atoms with Crippen LogP contribution in [0.15, 0.2) is 17.5 Å². The van der Waals surface area contributed by atoms with Gasteiger partial charge in [0.2, 0.25) is 5.91 Å². The fraction of sp³-hybridized carbons (Fsp3) is 0.545. The highest BCUT2D eigenvalue weighted by Crippen LogP contribution is 2.14. The maximum Gasteiger partial charge on any atom is 0.223 e. The van der Waals surface area contributed by atoms with Crippen LogP contribution in [-0.4, -0.2) is 23.7 Å². The maximum absolute atomic E-state index is 11.6. The molecule has 0 aliphatic rings. The fourth-order valence-electron chi connectivity index (χ4n) is 1.25. The predicted molar refractivity (Wildman–Crippen MR) is 61.9 cm³/mol. The zero-order valence-corrected chi connectivity index (χ0v) is 9.88. The molecule has 2 N–H and O–H groups in total. The van der Waals surface area contributed by atoms with E-state index in [0.717, 1.165) is 6.42 Å². The SMILES string of the molecule is CC(O)CNC(=O)C(C)Cc1cccs1. The molecule has 3 nitrogen and oxygen atoms in total. The summed E-state index contributed by atoms with van der Waals surface area (Å²) in [5, 5.41) is 13.7. The van der Waals surface area contributed by atoms with Gasteiger partial charge in [-0.1, -0.05) is 13.0 Å². The Balaban J connectivity index is 2.33. The molecule has 1 aromatic heterocycles. The summed E-state index contributed by atoms with van der Waals surface area (Å²) in [6.45, 7) is 3.88. The second-order valence-corrected chi connectivity index (χ2v) is 4.81. The lowest BCUT2D eigenvalue weighted by atomic mass is 10.1. The van der Waals surface area contributed by atoms with E-state index < -0.39 is 6.10 Å². The molecule has 4 heteroatoms. The Kier molecular flexibility index (Phi) is 4.78. The lowest BCUT2D eigenvalue weighted by Crippen LogP contribution is -2.35. The molecule has 0 bridgehead atoms. The molecule has 0 aliphatic heterocycles. The Morgan fingerprint density at radius 1 is 1.60 bits per heavy atom. The number of thiophene rings is 1. The molecule has 0 fully saturated rings. The first-order valence-corrected chi connectivity index (χ1v) is 5.95. The predicted octanol–water partition coefficient (Wildman–Crippen LogP) is 1.42. The zero-order valence-electron chi connectivity index (χ0n) is 9.06.